The van der Waals surface area contributed by atoms with Crippen LogP contribution >= 0.6 is 0 Å². The summed E-state index contributed by atoms with van der Waals surface area (Å²) in [5.74, 6) is 4.61. The molecule has 26 heavy (non-hydrogen) atoms. The number of hydrogen-bond donors (Lipinski definition) is 0. The molecule has 0 spiro atoms. The van der Waals surface area contributed by atoms with Crippen molar-refractivity contribution in [2.45, 2.75) is 66.2 Å². The van der Waals surface area contributed by atoms with E-state index in [4.69, 9.17) is 0 Å². The maximum atomic E-state index is 2.66. The SMILES string of the molecule is CCN1CCCC2=C1N(CC)C1=C(C2)CC2=C(N(CC)CCC2)N1CC. The van der Waals surface area contributed by atoms with Crippen LogP contribution in [-0.4, -0.2) is 58.9 Å². The summed E-state index contributed by atoms with van der Waals surface area (Å²) in [6.07, 6.45) is 7.63. The molecule has 4 rings (SSSR count). The van der Waals surface area contributed by atoms with Crippen molar-refractivity contribution < 1.29 is 0 Å². The molecule has 4 heteroatoms. The van der Waals surface area contributed by atoms with Crippen LogP contribution in [0.5, 0.6) is 0 Å². The third kappa shape index (κ3) is 2.64. The Balaban J connectivity index is 1.76. The Kier molecular flexibility index (Phi) is 4.94. The molecule has 4 nitrogen and oxygen atoms in total. The Morgan fingerprint density at radius 3 is 1.42 bits per heavy atom. The molecular weight excluding hydrogens is 320 g/mol. The molecular formula is C22H36N4. The van der Waals surface area contributed by atoms with Gasteiger partial charge in [-0.05, 0) is 82.9 Å². The molecule has 0 fully saturated rings. The van der Waals surface area contributed by atoms with Crippen LogP contribution in [-0.2, 0) is 0 Å². The molecule has 0 atom stereocenters. The van der Waals surface area contributed by atoms with E-state index in [0.29, 0.717) is 0 Å². The molecule has 0 radical (unpaired) electrons. The molecule has 0 N–H and O–H groups in total. The summed E-state index contributed by atoms with van der Waals surface area (Å²) < 4.78 is 0. The smallest absolute Gasteiger partial charge is 0.115 e. The molecule has 0 aromatic rings. The van der Waals surface area contributed by atoms with Gasteiger partial charge in [0.1, 0.15) is 17.5 Å². The van der Waals surface area contributed by atoms with Crippen molar-refractivity contribution in [1.29, 1.82) is 0 Å². The van der Waals surface area contributed by atoms with Gasteiger partial charge in [0, 0.05) is 39.3 Å². The first-order valence-corrected chi connectivity index (χ1v) is 10.9. The fourth-order valence-corrected chi connectivity index (χ4v) is 5.59. The van der Waals surface area contributed by atoms with Gasteiger partial charge in [0.15, 0.2) is 0 Å². The summed E-state index contributed by atoms with van der Waals surface area (Å²) in [5.41, 5.74) is 5.08. The molecule has 0 amide bonds. The van der Waals surface area contributed by atoms with Crippen molar-refractivity contribution in [2.75, 3.05) is 39.3 Å². The van der Waals surface area contributed by atoms with Gasteiger partial charge in [0.2, 0.25) is 0 Å². The zero-order valence-corrected chi connectivity index (χ0v) is 17.3. The quantitative estimate of drug-likeness (QED) is 0.744. The number of rotatable bonds is 4. The second-order valence-corrected chi connectivity index (χ2v) is 7.99. The van der Waals surface area contributed by atoms with Crippen LogP contribution in [0.2, 0.25) is 0 Å². The minimum atomic E-state index is 1.07. The maximum absolute atomic E-state index is 2.66. The van der Waals surface area contributed by atoms with Crippen LogP contribution in [0.15, 0.2) is 34.2 Å². The van der Waals surface area contributed by atoms with Crippen molar-refractivity contribution in [1.82, 2.24) is 19.6 Å². The van der Waals surface area contributed by atoms with E-state index in [0.717, 1.165) is 26.2 Å². The van der Waals surface area contributed by atoms with E-state index < -0.39 is 0 Å². The zero-order chi connectivity index (χ0) is 18.3. The van der Waals surface area contributed by atoms with Gasteiger partial charge in [0.05, 0.1) is 0 Å². The Labute approximate surface area is 159 Å². The molecule has 0 aliphatic carbocycles. The largest absolute Gasteiger partial charge is 0.358 e. The van der Waals surface area contributed by atoms with Gasteiger partial charge in [0.25, 0.3) is 0 Å². The topological polar surface area (TPSA) is 13.0 Å². The second kappa shape index (κ2) is 7.21. The Bertz CT molecular complexity index is 603. The Hall–Kier alpha value is -1.58. The summed E-state index contributed by atoms with van der Waals surface area (Å²) in [4.78, 5) is 10.6. The molecule has 4 aliphatic heterocycles. The summed E-state index contributed by atoms with van der Waals surface area (Å²) in [6.45, 7) is 16.1. The molecule has 0 aromatic carbocycles. The normalized spacial score (nSPS) is 23.5. The lowest BCUT2D eigenvalue weighted by Gasteiger charge is -2.52. The average Bonchev–Trinajstić information content (AvgIpc) is 2.69. The fraction of sp³-hybridized carbons (Fsp3) is 0.727. The van der Waals surface area contributed by atoms with Crippen molar-refractivity contribution in [2.24, 2.45) is 0 Å². The van der Waals surface area contributed by atoms with Gasteiger partial charge in [-0.1, -0.05) is 0 Å². The van der Waals surface area contributed by atoms with E-state index in [1.54, 1.807) is 28.4 Å². The molecule has 0 bridgehead atoms. The number of hydrogen-bond acceptors (Lipinski definition) is 4. The number of nitrogens with zero attached hydrogens (tertiary/aromatic N) is 4. The van der Waals surface area contributed by atoms with Gasteiger partial charge in [-0.25, -0.2) is 0 Å². The van der Waals surface area contributed by atoms with Gasteiger partial charge in [-0.2, -0.15) is 0 Å². The molecule has 0 aromatic heterocycles. The lowest BCUT2D eigenvalue weighted by molar-refractivity contribution is 0.143. The Morgan fingerprint density at radius 2 is 1.04 bits per heavy atom. The highest BCUT2D eigenvalue weighted by Gasteiger charge is 2.39. The van der Waals surface area contributed by atoms with E-state index >= 15 is 0 Å². The van der Waals surface area contributed by atoms with Gasteiger partial charge >= 0.3 is 0 Å². The third-order valence-electron chi connectivity index (χ3n) is 6.63. The summed E-state index contributed by atoms with van der Waals surface area (Å²) in [7, 11) is 0. The summed E-state index contributed by atoms with van der Waals surface area (Å²) >= 11 is 0. The minimum absolute atomic E-state index is 1.07. The summed E-state index contributed by atoms with van der Waals surface area (Å²) in [6, 6.07) is 0. The first kappa shape index (κ1) is 17.8. The number of allylic oxidation sites excluding steroid dienone is 3. The van der Waals surface area contributed by atoms with Gasteiger partial charge < -0.3 is 19.6 Å². The van der Waals surface area contributed by atoms with E-state index in [9.17, 15) is 0 Å². The van der Waals surface area contributed by atoms with Crippen LogP contribution in [0, 0.1) is 0 Å². The molecule has 144 valence electrons. The van der Waals surface area contributed by atoms with Gasteiger partial charge in [-0.3, -0.25) is 0 Å². The lowest BCUT2D eigenvalue weighted by atomic mass is 9.86. The molecule has 0 saturated heterocycles. The standard InChI is InChI=1S/C22H36N4/c1-5-23-13-9-11-17-15-19-16-18-12-10-14-24(6-2)21(18)26(8-4)22(19)25(7-3)20(17)23/h5-16H2,1-4H3. The van der Waals surface area contributed by atoms with Crippen LogP contribution in [0.4, 0.5) is 0 Å². The highest BCUT2D eigenvalue weighted by atomic mass is 15.5. The van der Waals surface area contributed by atoms with E-state index in [-0.39, 0.29) is 0 Å². The van der Waals surface area contributed by atoms with Crippen molar-refractivity contribution >= 4 is 0 Å². The highest BCUT2D eigenvalue weighted by molar-refractivity contribution is 5.41. The molecule has 0 unspecified atom stereocenters. The van der Waals surface area contributed by atoms with Crippen LogP contribution in [0.25, 0.3) is 0 Å². The molecule has 4 aliphatic rings. The monoisotopic (exact) mass is 356 g/mol. The highest BCUT2D eigenvalue weighted by Crippen LogP contribution is 2.46. The zero-order valence-electron chi connectivity index (χ0n) is 17.3. The van der Waals surface area contributed by atoms with Crippen molar-refractivity contribution in [3.8, 4) is 0 Å². The predicted octanol–water partition coefficient (Wildman–Crippen LogP) is 4.30. The molecule has 4 heterocycles. The van der Waals surface area contributed by atoms with E-state index in [1.807, 2.05) is 0 Å². The Morgan fingerprint density at radius 1 is 0.577 bits per heavy atom. The maximum Gasteiger partial charge on any atom is 0.115 e. The lowest BCUT2D eigenvalue weighted by Crippen LogP contribution is -2.50. The minimum Gasteiger partial charge on any atom is -0.358 e. The predicted molar refractivity (Wildman–Crippen MR) is 108 cm³/mol. The van der Waals surface area contributed by atoms with E-state index in [1.165, 1.54) is 57.4 Å². The van der Waals surface area contributed by atoms with Crippen LogP contribution < -0.4 is 0 Å². The second-order valence-electron chi connectivity index (χ2n) is 7.99. The van der Waals surface area contributed by atoms with Crippen LogP contribution in [0.3, 0.4) is 0 Å². The van der Waals surface area contributed by atoms with Crippen molar-refractivity contribution in [3.63, 3.8) is 0 Å². The van der Waals surface area contributed by atoms with Gasteiger partial charge in [-0.15, -0.1) is 0 Å². The molecule has 0 saturated carbocycles. The fourth-order valence-electron chi connectivity index (χ4n) is 5.59. The van der Waals surface area contributed by atoms with Crippen molar-refractivity contribution in [3.05, 3.63) is 34.2 Å². The third-order valence-corrected chi connectivity index (χ3v) is 6.63. The van der Waals surface area contributed by atoms with Crippen LogP contribution in [0.1, 0.15) is 66.2 Å². The van der Waals surface area contributed by atoms with E-state index in [2.05, 4.69) is 47.3 Å². The summed E-state index contributed by atoms with van der Waals surface area (Å²) in [5, 5.41) is 0. The average molecular weight is 357 g/mol. The first-order valence-electron chi connectivity index (χ1n) is 10.9. The first-order chi connectivity index (χ1) is 12.7.